The Balaban J connectivity index is 3.74. The molecule has 0 aromatic heterocycles. The van der Waals surface area contributed by atoms with Crippen molar-refractivity contribution in [2.24, 2.45) is 5.92 Å². The van der Waals surface area contributed by atoms with Gasteiger partial charge in [0.2, 0.25) is 0 Å². The normalized spacial score (nSPS) is 12.2. The Morgan fingerprint density at radius 2 is 0.568 bits per heavy atom. The average Bonchev–Trinajstić information content (AvgIpc) is 3.03. The second kappa shape index (κ2) is 38.7. The van der Waals surface area contributed by atoms with E-state index in [-0.39, 0.29) is 11.9 Å². The van der Waals surface area contributed by atoms with Crippen molar-refractivity contribution in [2.45, 2.75) is 252 Å². The summed E-state index contributed by atoms with van der Waals surface area (Å²) < 4.78 is 5.81. The van der Waals surface area contributed by atoms with Crippen molar-refractivity contribution in [1.82, 2.24) is 0 Å². The fraction of sp³-hybridized carbons (Fsp3) is 0.976. The van der Waals surface area contributed by atoms with Crippen LogP contribution >= 0.6 is 0 Å². The minimum Gasteiger partial charge on any atom is -0.465 e. The van der Waals surface area contributed by atoms with Gasteiger partial charge in [0.05, 0.1) is 12.5 Å². The highest BCUT2D eigenvalue weighted by atomic mass is 16.5. The Bertz CT molecular complexity index is 530. The molecule has 0 aromatic rings. The van der Waals surface area contributed by atoms with Gasteiger partial charge in [0.15, 0.2) is 0 Å². The fourth-order valence-electron chi connectivity index (χ4n) is 6.72. The van der Waals surface area contributed by atoms with Crippen LogP contribution < -0.4 is 0 Å². The van der Waals surface area contributed by atoms with Crippen LogP contribution in [0.1, 0.15) is 252 Å². The Morgan fingerprint density at radius 3 is 0.864 bits per heavy atom. The van der Waals surface area contributed by atoms with Crippen LogP contribution in [0, 0.1) is 5.92 Å². The van der Waals surface area contributed by atoms with Crippen molar-refractivity contribution in [3.05, 3.63) is 0 Å². The van der Waals surface area contributed by atoms with Gasteiger partial charge < -0.3 is 4.74 Å². The average molecular weight is 621 g/mol. The number of ether oxygens (including phenoxy) is 1. The van der Waals surface area contributed by atoms with E-state index in [1.807, 2.05) is 0 Å². The SMILES string of the molecule is CCCCCCCCCCCCCCCCCCC(CCCCCC)C(=O)OCCCCCCCCCCCCCCCC. The number of carbonyl (C=O) groups excluding carboxylic acids is 1. The first-order chi connectivity index (χ1) is 21.8. The van der Waals surface area contributed by atoms with Crippen molar-refractivity contribution in [3.63, 3.8) is 0 Å². The predicted octanol–water partition coefficient (Wildman–Crippen LogP) is 15.2. The second-order valence-corrected chi connectivity index (χ2v) is 14.4. The third-order valence-electron chi connectivity index (χ3n) is 9.89. The third-order valence-corrected chi connectivity index (χ3v) is 9.89. The molecular weight excluding hydrogens is 536 g/mol. The highest BCUT2D eigenvalue weighted by Crippen LogP contribution is 2.21. The minimum absolute atomic E-state index is 0.108. The van der Waals surface area contributed by atoms with Crippen LogP contribution in [-0.4, -0.2) is 12.6 Å². The first-order valence-electron chi connectivity index (χ1n) is 20.9. The number of rotatable bonds is 38. The summed E-state index contributed by atoms with van der Waals surface area (Å²) in [7, 11) is 0. The molecule has 0 aromatic carbocycles. The van der Waals surface area contributed by atoms with Crippen LogP contribution in [-0.2, 0) is 9.53 Å². The quantitative estimate of drug-likeness (QED) is 0.0507. The zero-order valence-corrected chi connectivity index (χ0v) is 31.1. The van der Waals surface area contributed by atoms with Gasteiger partial charge in [-0.3, -0.25) is 4.79 Å². The predicted molar refractivity (Wildman–Crippen MR) is 198 cm³/mol. The van der Waals surface area contributed by atoms with Gasteiger partial charge in [-0.15, -0.1) is 0 Å². The lowest BCUT2D eigenvalue weighted by atomic mass is 9.94. The molecule has 0 rings (SSSR count). The van der Waals surface area contributed by atoms with Gasteiger partial charge in [0.25, 0.3) is 0 Å². The number of esters is 1. The number of carbonyl (C=O) groups is 1. The zero-order chi connectivity index (χ0) is 32.0. The van der Waals surface area contributed by atoms with E-state index in [0.29, 0.717) is 6.61 Å². The summed E-state index contributed by atoms with van der Waals surface area (Å²) in [5, 5.41) is 0. The van der Waals surface area contributed by atoms with Crippen LogP contribution in [0.15, 0.2) is 0 Å². The maximum absolute atomic E-state index is 12.9. The van der Waals surface area contributed by atoms with E-state index in [1.165, 1.54) is 212 Å². The van der Waals surface area contributed by atoms with Gasteiger partial charge in [-0.1, -0.05) is 233 Å². The molecule has 0 aliphatic carbocycles. The molecule has 0 saturated carbocycles. The van der Waals surface area contributed by atoms with Gasteiger partial charge >= 0.3 is 5.97 Å². The monoisotopic (exact) mass is 621 g/mol. The maximum Gasteiger partial charge on any atom is 0.308 e. The molecular formula is C42H84O2. The molecule has 0 fully saturated rings. The van der Waals surface area contributed by atoms with Crippen LogP contribution in [0.25, 0.3) is 0 Å². The van der Waals surface area contributed by atoms with Crippen LogP contribution in [0.4, 0.5) is 0 Å². The second-order valence-electron chi connectivity index (χ2n) is 14.4. The first-order valence-corrected chi connectivity index (χ1v) is 20.9. The van der Waals surface area contributed by atoms with Gasteiger partial charge in [-0.05, 0) is 19.3 Å². The van der Waals surface area contributed by atoms with E-state index in [2.05, 4.69) is 20.8 Å². The van der Waals surface area contributed by atoms with Crippen molar-refractivity contribution in [1.29, 1.82) is 0 Å². The molecule has 0 spiro atoms. The smallest absolute Gasteiger partial charge is 0.308 e. The molecule has 1 unspecified atom stereocenters. The topological polar surface area (TPSA) is 26.3 Å². The van der Waals surface area contributed by atoms with E-state index in [0.717, 1.165) is 19.3 Å². The van der Waals surface area contributed by atoms with E-state index < -0.39 is 0 Å². The summed E-state index contributed by atoms with van der Waals surface area (Å²) in [4.78, 5) is 12.9. The molecule has 264 valence electrons. The maximum atomic E-state index is 12.9. The molecule has 0 radical (unpaired) electrons. The molecule has 0 aliphatic heterocycles. The minimum atomic E-state index is 0.108. The summed E-state index contributed by atoms with van der Waals surface area (Å²) in [6.07, 6.45) is 48.5. The highest BCUT2D eigenvalue weighted by Gasteiger charge is 2.19. The van der Waals surface area contributed by atoms with Crippen LogP contribution in [0.2, 0.25) is 0 Å². The van der Waals surface area contributed by atoms with Gasteiger partial charge in [0, 0.05) is 0 Å². The summed E-state index contributed by atoms with van der Waals surface area (Å²) in [6, 6.07) is 0. The highest BCUT2D eigenvalue weighted by molar-refractivity contribution is 5.72. The van der Waals surface area contributed by atoms with Crippen LogP contribution in [0.5, 0.6) is 0 Å². The van der Waals surface area contributed by atoms with E-state index in [1.54, 1.807) is 0 Å². The Morgan fingerprint density at radius 1 is 0.341 bits per heavy atom. The Hall–Kier alpha value is -0.530. The van der Waals surface area contributed by atoms with E-state index in [9.17, 15) is 4.79 Å². The first kappa shape index (κ1) is 43.5. The Labute approximate surface area is 279 Å². The molecule has 1 atom stereocenters. The largest absolute Gasteiger partial charge is 0.465 e. The van der Waals surface area contributed by atoms with Crippen LogP contribution in [0.3, 0.4) is 0 Å². The lowest BCUT2D eigenvalue weighted by molar-refractivity contribution is -0.149. The number of hydrogen-bond acceptors (Lipinski definition) is 2. The lowest BCUT2D eigenvalue weighted by Gasteiger charge is -2.16. The van der Waals surface area contributed by atoms with Gasteiger partial charge in [-0.25, -0.2) is 0 Å². The molecule has 44 heavy (non-hydrogen) atoms. The summed E-state index contributed by atoms with van der Waals surface area (Å²) in [5.74, 6) is 0.252. The molecule has 2 heteroatoms. The zero-order valence-electron chi connectivity index (χ0n) is 31.1. The molecule has 0 bridgehead atoms. The van der Waals surface area contributed by atoms with E-state index in [4.69, 9.17) is 4.74 Å². The van der Waals surface area contributed by atoms with Gasteiger partial charge in [0.1, 0.15) is 0 Å². The molecule has 0 saturated heterocycles. The lowest BCUT2D eigenvalue weighted by Crippen LogP contribution is -2.18. The van der Waals surface area contributed by atoms with Crippen molar-refractivity contribution in [3.8, 4) is 0 Å². The molecule has 0 aliphatic rings. The summed E-state index contributed by atoms with van der Waals surface area (Å²) >= 11 is 0. The standard InChI is InChI=1S/C42H84O2/c1-4-7-10-13-15-17-19-21-23-24-25-27-29-31-33-36-39-41(38-35-12-9-6-3)42(43)44-40-37-34-32-30-28-26-22-20-18-16-14-11-8-5-2/h41H,4-40H2,1-3H3. The fourth-order valence-corrected chi connectivity index (χ4v) is 6.72. The number of unbranched alkanes of at least 4 members (excludes halogenated alkanes) is 31. The van der Waals surface area contributed by atoms with Crippen molar-refractivity contribution < 1.29 is 9.53 Å². The van der Waals surface area contributed by atoms with Gasteiger partial charge in [-0.2, -0.15) is 0 Å². The molecule has 2 nitrogen and oxygen atoms in total. The number of hydrogen-bond donors (Lipinski definition) is 0. The third kappa shape index (κ3) is 34.3. The van der Waals surface area contributed by atoms with Crippen molar-refractivity contribution >= 4 is 5.97 Å². The summed E-state index contributed by atoms with van der Waals surface area (Å²) in [6.45, 7) is 7.49. The van der Waals surface area contributed by atoms with E-state index >= 15 is 0 Å². The van der Waals surface area contributed by atoms with Crippen molar-refractivity contribution in [2.75, 3.05) is 6.61 Å². The Kier molecular flexibility index (Phi) is 38.2. The molecule has 0 N–H and O–H groups in total. The molecule has 0 heterocycles. The summed E-state index contributed by atoms with van der Waals surface area (Å²) in [5.41, 5.74) is 0. The molecule has 0 amide bonds.